The highest BCUT2D eigenvalue weighted by atomic mass is 32.1. The Hall–Kier alpha value is -3.78. The van der Waals surface area contributed by atoms with Gasteiger partial charge in [0.25, 0.3) is 5.69 Å². The molecule has 1 fully saturated rings. The first-order valence-electron chi connectivity index (χ1n) is 11.6. The molecule has 2 atom stereocenters. The van der Waals surface area contributed by atoms with Gasteiger partial charge in [-0.05, 0) is 53.9 Å². The summed E-state index contributed by atoms with van der Waals surface area (Å²) in [7, 11) is 0. The van der Waals surface area contributed by atoms with Crippen LogP contribution in [0.15, 0.2) is 86.1 Å². The molecule has 176 valence electrons. The fourth-order valence-electron chi connectivity index (χ4n) is 5.25. The van der Waals surface area contributed by atoms with Gasteiger partial charge in [0.2, 0.25) is 4.80 Å². The largest absolute Gasteiger partial charge is 0.454 e. The third kappa shape index (κ3) is 3.65. The first kappa shape index (κ1) is 21.7. The molecule has 3 aliphatic carbocycles. The molecule has 0 spiro atoms. The van der Waals surface area contributed by atoms with Crippen LogP contribution in [0.5, 0.6) is 0 Å². The summed E-state index contributed by atoms with van der Waals surface area (Å²) in [5, 5.41) is 19.3. The minimum absolute atomic E-state index is 0.0426. The predicted octanol–water partition coefficient (Wildman–Crippen LogP) is 6.93. The second-order valence-corrected chi connectivity index (χ2v) is 10.5. The van der Waals surface area contributed by atoms with Crippen LogP contribution in [0.25, 0.3) is 22.4 Å². The molecule has 0 aliphatic heterocycles. The maximum Gasteiger partial charge on any atom is 0.294 e. The van der Waals surface area contributed by atoms with E-state index in [1.54, 1.807) is 22.9 Å². The third-order valence-corrected chi connectivity index (χ3v) is 8.31. The molecule has 1 saturated carbocycles. The van der Waals surface area contributed by atoms with Crippen LogP contribution in [0, 0.1) is 27.4 Å². The lowest BCUT2D eigenvalue weighted by molar-refractivity contribution is -0.384. The fraction of sp³-hybridized carbons (Fsp3) is 0.259. The van der Waals surface area contributed by atoms with E-state index in [4.69, 9.17) is 9.52 Å². The highest BCUT2D eigenvalue weighted by Gasteiger charge is 2.50. The number of para-hydroxylation sites is 3. The predicted molar refractivity (Wildman–Crippen MR) is 138 cm³/mol. The Bertz CT molecular complexity index is 1550. The van der Waals surface area contributed by atoms with Crippen molar-refractivity contribution in [2.45, 2.75) is 26.7 Å². The second kappa shape index (κ2) is 8.16. The van der Waals surface area contributed by atoms with Gasteiger partial charge in [0.05, 0.1) is 11.1 Å². The van der Waals surface area contributed by atoms with Gasteiger partial charge in [-0.2, -0.15) is 5.10 Å². The summed E-state index contributed by atoms with van der Waals surface area (Å²) in [4.78, 5) is 16.3. The lowest BCUT2D eigenvalue weighted by atomic mass is 9.49. The van der Waals surface area contributed by atoms with Crippen LogP contribution in [0.4, 0.5) is 11.4 Å². The number of benzene rings is 2. The number of nitro benzene ring substituents is 1. The van der Waals surface area contributed by atoms with E-state index in [0.29, 0.717) is 22.2 Å². The standard InChI is InChI=1S/C27H24N4O3S/c1-27(2)19-12-11-18(20(27)14-19)15-28-30-23(25-13-17-7-3-6-10-24(17)34-25)16-35-26(30)29-21-8-4-5-9-22(21)31(32)33/h3-11,13,15-16,19-20H,12,14H2,1-2H3. The number of hydrogen-bond acceptors (Lipinski definition) is 6. The van der Waals surface area contributed by atoms with Crippen LogP contribution in [0.1, 0.15) is 26.7 Å². The van der Waals surface area contributed by atoms with Crippen LogP contribution in [-0.4, -0.2) is 15.8 Å². The SMILES string of the molecule is CC1(C)C2CC=C(C=Nn3c(-c4cc5ccccc5o4)csc3=Nc3ccccc3[N+](=O)[O-])C1C2. The van der Waals surface area contributed by atoms with E-state index in [0.717, 1.165) is 29.0 Å². The first-order valence-corrected chi connectivity index (χ1v) is 12.5. The average Bonchev–Trinajstić information content (AvgIpc) is 3.46. The maximum atomic E-state index is 11.5. The molecule has 3 aliphatic rings. The lowest BCUT2D eigenvalue weighted by Crippen LogP contribution is -2.48. The van der Waals surface area contributed by atoms with Crippen LogP contribution < -0.4 is 4.80 Å². The van der Waals surface area contributed by atoms with Crippen molar-refractivity contribution in [3.63, 3.8) is 0 Å². The normalized spacial score (nSPS) is 21.3. The van der Waals surface area contributed by atoms with E-state index in [1.807, 2.05) is 41.9 Å². The molecule has 2 aromatic heterocycles. The molecule has 0 N–H and O–H groups in total. The quantitative estimate of drug-likeness (QED) is 0.175. The minimum Gasteiger partial charge on any atom is -0.454 e. The second-order valence-electron chi connectivity index (χ2n) is 9.71. The highest BCUT2D eigenvalue weighted by molar-refractivity contribution is 7.07. The monoisotopic (exact) mass is 484 g/mol. The number of allylic oxidation sites excluding steroid dienone is 2. The van der Waals surface area contributed by atoms with Gasteiger partial charge < -0.3 is 4.42 Å². The maximum absolute atomic E-state index is 11.5. The molecular weight excluding hydrogens is 460 g/mol. The lowest BCUT2D eigenvalue weighted by Gasteiger charge is -2.55. The van der Waals surface area contributed by atoms with Gasteiger partial charge in [0.15, 0.2) is 5.76 Å². The van der Waals surface area contributed by atoms with Crippen molar-refractivity contribution in [2.75, 3.05) is 0 Å². The van der Waals surface area contributed by atoms with E-state index in [2.05, 4.69) is 24.9 Å². The van der Waals surface area contributed by atoms with E-state index < -0.39 is 4.92 Å². The van der Waals surface area contributed by atoms with Gasteiger partial charge in [-0.3, -0.25) is 10.1 Å². The number of nitrogens with zero attached hydrogens (tertiary/aromatic N) is 4. The van der Waals surface area contributed by atoms with Gasteiger partial charge in [-0.25, -0.2) is 9.67 Å². The zero-order chi connectivity index (χ0) is 24.2. The topological polar surface area (TPSA) is 85.9 Å². The molecule has 7 rings (SSSR count). The number of thiazole rings is 1. The van der Waals surface area contributed by atoms with Crippen molar-refractivity contribution in [1.29, 1.82) is 0 Å². The molecule has 2 bridgehead atoms. The van der Waals surface area contributed by atoms with Crippen molar-refractivity contribution in [2.24, 2.45) is 27.3 Å². The summed E-state index contributed by atoms with van der Waals surface area (Å²) in [6, 6.07) is 16.3. The molecule has 8 heteroatoms. The third-order valence-electron chi connectivity index (χ3n) is 7.49. The number of furan rings is 1. The van der Waals surface area contributed by atoms with Crippen molar-refractivity contribution in [3.8, 4) is 11.5 Å². The molecule has 35 heavy (non-hydrogen) atoms. The molecule has 4 aromatic rings. The zero-order valence-electron chi connectivity index (χ0n) is 19.4. The Balaban J connectivity index is 1.49. The van der Waals surface area contributed by atoms with Crippen LogP contribution in [-0.2, 0) is 0 Å². The first-order chi connectivity index (χ1) is 16.9. The van der Waals surface area contributed by atoms with E-state index >= 15 is 0 Å². The van der Waals surface area contributed by atoms with Crippen molar-refractivity contribution in [1.82, 2.24) is 4.68 Å². The van der Waals surface area contributed by atoms with Crippen molar-refractivity contribution in [3.05, 3.63) is 86.5 Å². The Kier molecular flexibility index (Phi) is 5.07. The minimum atomic E-state index is -0.415. The van der Waals surface area contributed by atoms with Crippen LogP contribution in [0.2, 0.25) is 0 Å². The Labute approximate surface area is 205 Å². The number of nitro groups is 1. The van der Waals surface area contributed by atoms with Gasteiger partial charge in [-0.15, -0.1) is 11.3 Å². The molecule has 0 amide bonds. The number of hydrogen-bond donors (Lipinski definition) is 0. The molecule has 0 radical (unpaired) electrons. The van der Waals surface area contributed by atoms with Crippen LogP contribution >= 0.6 is 11.3 Å². The molecular formula is C27H24N4O3S. The van der Waals surface area contributed by atoms with Crippen molar-refractivity contribution < 1.29 is 9.34 Å². The zero-order valence-corrected chi connectivity index (χ0v) is 20.2. The average molecular weight is 485 g/mol. The molecule has 2 heterocycles. The van der Waals surface area contributed by atoms with Crippen molar-refractivity contribution >= 4 is 39.9 Å². The van der Waals surface area contributed by atoms with Gasteiger partial charge in [0.1, 0.15) is 17.0 Å². The summed E-state index contributed by atoms with van der Waals surface area (Å²) in [6.07, 6.45) is 6.49. The van der Waals surface area contributed by atoms with Gasteiger partial charge >= 0.3 is 0 Å². The van der Waals surface area contributed by atoms with Gasteiger partial charge in [0, 0.05) is 16.8 Å². The molecule has 0 saturated heterocycles. The Morgan fingerprint density at radius 1 is 1.20 bits per heavy atom. The van der Waals surface area contributed by atoms with Crippen LogP contribution in [0.3, 0.4) is 0 Å². The van der Waals surface area contributed by atoms with E-state index in [-0.39, 0.29) is 11.1 Å². The number of aromatic nitrogens is 1. The summed E-state index contributed by atoms with van der Waals surface area (Å²) in [5.41, 5.74) is 3.32. The van der Waals surface area contributed by atoms with E-state index in [1.165, 1.54) is 29.4 Å². The summed E-state index contributed by atoms with van der Waals surface area (Å²) in [6.45, 7) is 4.67. The fourth-order valence-corrected chi connectivity index (χ4v) is 6.08. The summed E-state index contributed by atoms with van der Waals surface area (Å²) < 4.78 is 7.86. The van der Waals surface area contributed by atoms with Gasteiger partial charge in [-0.1, -0.05) is 50.3 Å². The smallest absolute Gasteiger partial charge is 0.294 e. The molecule has 7 nitrogen and oxygen atoms in total. The molecule has 2 unspecified atom stereocenters. The number of rotatable bonds is 5. The Morgan fingerprint density at radius 3 is 2.77 bits per heavy atom. The number of fused-ring (bicyclic) bond motifs is 2. The summed E-state index contributed by atoms with van der Waals surface area (Å²) in [5.74, 6) is 1.91. The summed E-state index contributed by atoms with van der Waals surface area (Å²) >= 11 is 1.37. The Morgan fingerprint density at radius 2 is 2.00 bits per heavy atom. The highest BCUT2D eigenvalue weighted by Crippen LogP contribution is 2.58. The molecule has 2 aromatic carbocycles. The van der Waals surface area contributed by atoms with E-state index in [9.17, 15) is 10.1 Å².